The number of ether oxygens (including phenoxy) is 1. The molecule has 7 N–H and O–H groups in total. The fourth-order valence-electron chi connectivity index (χ4n) is 4.68. The molecule has 2 aromatic carbocycles. The number of guanidine groups is 1. The number of nitrogens with zero attached hydrogens (tertiary/aromatic N) is 3. The summed E-state index contributed by atoms with van der Waals surface area (Å²) < 4.78 is 4.91. The molecule has 11 nitrogen and oxygen atoms in total. The van der Waals surface area contributed by atoms with Gasteiger partial charge in [0.25, 0.3) is 5.91 Å². The number of fused-ring (bicyclic) bond motifs is 1. The van der Waals surface area contributed by atoms with Crippen molar-refractivity contribution >= 4 is 34.6 Å². The van der Waals surface area contributed by atoms with Crippen molar-refractivity contribution in [2.24, 2.45) is 16.5 Å². The molecule has 38 heavy (non-hydrogen) atoms. The molecule has 1 fully saturated rings. The molecule has 3 aromatic rings. The fraction of sp³-hybridized carbons (Fsp3) is 0.370. The lowest BCUT2D eigenvalue weighted by atomic mass is 9.90. The summed E-state index contributed by atoms with van der Waals surface area (Å²) in [5, 5.41) is 16.5. The van der Waals surface area contributed by atoms with Gasteiger partial charge in [-0.25, -0.2) is 19.8 Å². The maximum absolute atomic E-state index is 13.3. The molecule has 0 saturated heterocycles. The number of aliphatic imine (C=N–C) groups is 1. The van der Waals surface area contributed by atoms with Crippen LogP contribution in [0, 0.1) is 6.92 Å². The Morgan fingerprint density at radius 2 is 1.87 bits per heavy atom. The van der Waals surface area contributed by atoms with Crippen LogP contribution in [0.5, 0.6) is 5.75 Å². The fourth-order valence-corrected chi connectivity index (χ4v) is 4.68. The standard InChI is InChI=1S/C27H33N7O4/c1-15-7-12-19-18(13-15)23(31-20-5-3-4-6-21(20)33-27(28)29)34-24(30-19)25(36)32-22(26(37)38-2)14-16-8-10-17(35)11-9-16/h7-13,20-22,35H,3-6,14H2,1-2H3,(H,32,36)(H4,28,29,33)(H,30,31,34)/t20?,21?,22-/m0/s1. The SMILES string of the molecule is COC(=O)[C@H](Cc1ccc(O)cc1)NC(=O)c1nc(NC2CCCCC2N=C(N)N)c2cc(C)ccc2n1. The van der Waals surface area contributed by atoms with Gasteiger partial charge in [-0.15, -0.1) is 0 Å². The zero-order valence-electron chi connectivity index (χ0n) is 21.5. The van der Waals surface area contributed by atoms with Gasteiger partial charge >= 0.3 is 5.97 Å². The van der Waals surface area contributed by atoms with Crippen LogP contribution in [0.2, 0.25) is 0 Å². The first kappa shape index (κ1) is 26.6. The second-order valence-electron chi connectivity index (χ2n) is 9.49. The minimum Gasteiger partial charge on any atom is -0.508 e. The van der Waals surface area contributed by atoms with Crippen molar-refractivity contribution in [3.05, 3.63) is 59.4 Å². The number of phenolic OH excluding ortho intramolecular Hbond substituents is 1. The van der Waals surface area contributed by atoms with Crippen molar-refractivity contribution in [3.63, 3.8) is 0 Å². The molecular formula is C27H33N7O4. The third-order valence-corrected chi connectivity index (χ3v) is 6.59. The number of phenols is 1. The number of hydrogen-bond donors (Lipinski definition) is 5. The Hall–Kier alpha value is -4.41. The molecule has 1 aliphatic carbocycles. The number of carbonyl (C=O) groups excluding carboxylic acids is 2. The number of benzene rings is 2. The summed E-state index contributed by atoms with van der Waals surface area (Å²) in [7, 11) is 1.26. The molecule has 2 unspecified atom stereocenters. The number of amides is 1. The average Bonchev–Trinajstić information content (AvgIpc) is 2.90. The van der Waals surface area contributed by atoms with Crippen molar-refractivity contribution in [1.29, 1.82) is 0 Å². The topological polar surface area (TPSA) is 178 Å². The smallest absolute Gasteiger partial charge is 0.328 e. The van der Waals surface area contributed by atoms with Crippen LogP contribution in [0.4, 0.5) is 5.82 Å². The molecule has 1 saturated carbocycles. The number of anilines is 1. The van der Waals surface area contributed by atoms with E-state index in [-0.39, 0.29) is 36.0 Å². The van der Waals surface area contributed by atoms with E-state index in [4.69, 9.17) is 16.2 Å². The summed E-state index contributed by atoms with van der Waals surface area (Å²) in [5.74, 6) is -0.670. The van der Waals surface area contributed by atoms with Crippen LogP contribution in [0.15, 0.2) is 47.5 Å². The van der Waals surface area contributed by atoms with Gasteiger partial charge in [0.1, 0.15) is 17.6 Å². The maximum atomic E-state index is 13.3. The summed E-state index contributed by atoms with van der Waals surface area (Å²) in [6.07, 6.45) is 3.88. The quantitative estimate of drug-likeness (QED) is 0.169. The Balaban J connectivity index is 1.64. The van der Waals surface area contributed by atoms with E-state index in [9.17, 15) is 14.7 Å². The van der Waals surface area contributed by atoms with E-state index in [2.05, 4.69) is 25.6 Å². The number of nitrogens with two attached hydrogens (primary N) is 2. The highest BCUT2D eigenvalue weighted by Gasteiger charge is 2.28. The maximum Gasteiger partial charge on any atom is 0.328 e. The molecule has 0 aliphatic heterocycles. The van der Waals surface area contributed by atoms with Crippen molar-refractivity contribution in [2.75, 3.05) is 12.4 Å². The average molecular weight is 520 g/mol. The van der Waals surface area contributed by atoms with E-state index >= 15 is 0 Å². The number of methoxy groups -OCH3 is 1. The number of esters is 1. The summed E-state index contributed by atoms with van der Waals surface area (Å²) >= 11 is 0. The summed E-state index contributed by atoms with van der Waals surface area (Å²) in [6.45, 7) is 1.97. The number of aryl methyl sites for hydroxylation is 1. The van der Waals surface area contributed by atoms with Crippen LogP contribution in [-0.4, -0.2) is 58.1 Å². The van der Waals surface area contributed by atoms with Crippen LogP contribution in [0.3, 0.4) is 0 Å². The van der Waals surface area contributed by atoms with Crippen molar-refractivity contribution in [3.8, 4) is 5.75 Å². The largest absolute Gasteiger partial charge is 0.508 e. The highest BCUT2D eigenvalue weighted by Crippen LogP contribution is 2.28. The van der Waals surface area contributed by atoms with Crippen LogP contribution in [0.1, 0.15) is 47.4 Å². The van der Waals surface area contributed by atoms with Crippen LogP contribution >= 0.6 is 0 Å². The van der Waals surface area contributed by atoms with Crippen molar-refractivity contribution < 1.29 is 19.4 Å². The minimum absolute atomic E-state index is 0.0367. The molecule has 1 heterocycles. The number of hydrogen-bond acceptors (Lipinski definition) is 8. The predicted molar refractivity (Wildman–Crippen MR) is 145 cm³/mol. The Kier molecular flexibility index (Phi) is 8.25. The Morgan fingerprint density at radius 1 is 1.13 bits per heavy atom. The first-order valence-corrected chi connectivity index (χ1v) is 12.5. The zero-order chi connectivity index (χ0) is 27.2. The molecule has 0 spiro atoms. The lowest BCUT2D eigenvalue weighted by Crippen LogP contribution is -2.43. The van der Waals surface area contributed by atoms with Gasteiger partial charge in [-0.05, 0) is 49.6 Å². The molecular weight excluding hydrogens is 486 g/mol. The summed E-state index contributed by atoms with van der Waals surface area (Å²) in [4.78, 5) is 39.3. The number of rotatable bonds is 8. The molecule has 11 heteroatoms. The molecule has 1 amide bonds. The molecule has 3 atom stereocenters. The van der Waals surface area contributed by atoms with Gasteiger partial charge < -0.3 is 31.9 Å². The summed E-state index contributed by atoms with van der Waals surface area (Å²) in [6, 6.07) is 10.9. The van der Waals surface area contributed by atoms with Crippen molar-refractivity contribution in [2.45, 2.75) is 57.2 Å². The van der Waals surface area contributed by atoms with E-state index in [1.807, 2.05) is 25.1 Å². The third kappa shape index (κ3) is 6.47. The van der Waals surface area contributed by atoms with Gasteiger partial charge in [-0.1, -0.05) is 36.6 Å². The van der Waals surface area contributed by atoms with Crippen LogP contribution in [0.25, 0.3) is 10.9 Å². The van der Waals surface area contributed by atoms with Gasteiger partial charge in [0, 0.05) is 11.8 Å². The predicted octanol–water partition coefficient (Wildman–Crippen LogP) is 2.15. The van der Waals surface area contributed by atoms with Crippen LogP contribution in [-0.2, 0) is 16.0 Å². The van der Waals surface area contributed by atoms with E-state index in [0.717, 1.165) is 42.2 Å². The number of nitrogens with one attached hydrogen (secondary N) is 2. The third-order valence-electron chi connectivity index (χ3n) is 6.59. The van der Waals surface area contributed by atoms with Gasteiger partial charge in [0.2, 0.25) is 5.82 Å². The lowest BCUT2D eigenvalue weighted by molar-refractivity contribution is -0.142. The van der Waals surface area contributed by atoms with Gasteiger partial charge in [0.15, 0.2) is 5.96 Å². The number of aromatic hydroxyl groups is 1. The van der Waals surface area contributed by atoms with Gasteiger partial charge in [-0.3, -0.25) is 4.79 Å². The molecule has 0 radical (unpaired) electrons. The molecule has 0 bridgehead atoms. The first-order chi connectivity index (χ1) is 18.2. The summed E-state index contributed by atoms with van der Waals surface area (Å²) in [5.41, 5.74) is 13.7. The molecule has 200 valence electrons. The second-order valence-corrected chi connectivity index (χ2v) is 9.49. The van der Waals surface area contributed by atoms with Gasteiger partial charge in [0.05, 0.1) is 24.7 Å². The Morgan fingerprint density at radius 3 is 2.58 bits per heavy atom. The molecule has 4 rings (SSSR count). The zero-order valence-corrected chi connectivity index (χ0v) is 21.5. The second kappa shape index (κ2) is 11.8. The first-order valence-electron chi connectivity index (χ1n) is 12.5. The Labute approximate surface area is 220 Å². The van der Waals surface area contributed by atoms with E-state index in [0.29, 0.717) is 11.3 Å². The number of aromatic nitrogens is 2. The monoisotopic (exact) mass is 519 g/mol. The normalized spacial score (nSPS) is 17.8. The number of carbonyl (C=O) groups is 2. The van der Waals surface area contributed by atoms with E-state index in [1.165, 1.54) is 19.2 Å². The van der Waals surface area contributed by atoms with Gasteiger partial charge in [-0.2, -0.15) is 0 Å². The van der Waals surface area contributed by atoms with Crippen molar-refractivity contribution in [1.82, 2.24) is 15.3 Å². The Bertz CT molecular complexity index is 1340. The minimum atomic E-state index is -0.977. The van der Waals surface area contributed by atoms with E-state index in [1.54, 1.807) is 12.1 Å². The molecule has 1 aliphatic rings. The molecule has 1 aromatic heterocycles. The van der Waals surface area contributed by atoms with Crippen LogP contribution < -0.4 is 22.1 Å². The lowest BCUT2D eigenvalue weighted by Gasteiger charge is -2.30. The van der Waals surface area contributed by atoms with E-state index < -0.39 is 17.9 Å². The highest BCUT2D eigenvalue weighted by molar-refractivity contribution is 5.98. The highest BCUT2D eigenvalue weighted by atomic mass is 16.5.